The minimum Gasteiger partial charge on any atom is -0.481 e. The number of imide groups is 1. The SMILES string of the molecule is COc1cc(C(=O)Nc2cc(CN3C(=O)N(c4ccc5c(c4)N(C(C)=O)CC5(C)C)C(=O)C3(C)C)ccn2)ccn1. The maximum Gasteiger partial charge on any atom is 0.332 e. The standard InChI is InChI=1S/C30H32N6O5/c1-18(37)34-17-29(2,3)22-8-7-21(15-23(22)34)36-27(39)30(4,5)35(28(36)40)16-19-9-11-31-24(13-19)33-26(38)20-10-12-32-25(14-20)41-6/h7-15H,16-17H2,1-6H3,(H,31,33,38). The quantitative estimate of drug-likeness (QED) is 0.453. The second-order valence-corrected chi connectivity index (χ2v) is 11.3. The van der Waals surface area contributed by atoms with Gasteiger partial charge in [0.05, 0.1) is 12.8 Å². The van der Waals surface area contributed by atoms with Crippen LogP contribution in [0.4, 0.5) is 22.0 Å². The van der Waals surface area contributed by atoms with Crippen molar-refractivity contribution >= 4 is 40.9 Å². The molecule has 11 nitrogen and oxygen atoms in total. The van der Waals surface area contributed by atoms with E-state index >= 15 is 0 Å². The van der Waals surface area contributed by atoms with Crippen LogP contribution in [-0.4, -0.2) is 57.8 Å². The Hall–Kier alpha value is -4.80. The van der Waals surface area contributed by atoms with Crippen LogP contribution in [0.3, 0.4) is 0 Å². The van der Waals surface area contributed by atoms with E-state index in [9.17, 15) is 19.2 Å². The molecule has 0 spiro atoms. The fourth-order valence-electron chi connectivity index (χ4n) is 5.30. The van der Waals surface area contributed by atoms with Crippen LogP contribution in [0.2, 0.25) is 0 Å². The van der Waals surface area contributed by atoms with Crippen molar-refractivity contribution in [1.82, 2.24) is 14.9 Å². The summed E-state index contributed by atoms with van der Waals surface area (Å²) in [6.45, 7) is 9.67. The molecule has 0 radical (unpaired) electrons. The largest absolute Gasteiger partial charge is 0.481 e. The van der Waals surface area contributed by atoms with Crippen molar-refractivity contribution in [2.24, 2.45) is 0 Å². The lowest BCUT2D eigenvalue weighted by atomic mass is 9.87. The number of benzene rings is 1. The van der Waals surface area contributed by atoms with E-state index in [2.05, 4.69) is 29.1 Å². The van der Waals surface area contributed by atoms with Gasteiger partial charge in [-0.1, -0.05) is 19.9 Å². The number of methoxy groups -OCH3 is 1. The third-order valence-electron chi connectivity index (χ3n) is 7.63. The molecule has 0 unspecified atom stereocenters. The molecule has 41 heavy (non-hydrogen) atoms. The molecule has 2 aromatic heterocycles. The average Bonchev–Trinajstić information content (AvgIpc) is 3.30. The van der Waals surface area contributed by atoms with Gasteiger partial charge in [-0.3, -0.25) is 14.4 Å². The van der Waals surface area contributed by atoms with Crippen molar-refractivity contribution in [3.05, 3.63) is 71.5 Å². The number of rotatable bonds is 6. The third-order valence-corrected chi connectivity index (χ3v) is 7.63. The summed E-state index contributed by atoms with van der Waals surface area (Å²) >= 11 is 0. The van der Waals surface area contributed by atoms with Crippen LogP contribution >= 0.6 is 0 Å². The summed E-state index contributed by atoms with van der Waals surface area (Å²) in [5, 5.41) is 2.75. The summed E-state index contributed by atoms with van der Waals surface area (Å²) in [5.74, 6) is -0.262. The summed E-state index contributed by atoms with van der Waals surface area (Å²) < 4.78 is 5.08. The highest BCUT2D eigenvalue weighted by Crippen LogP contribution is 2.44. The molecule has 2 aliphatic rings. The number of amides is 5. The number of aromatic nitrogens is 2. The van der Waals surface area contributed by atoms with E-state index in [-0.39, 0.29) is 23.8 Å². The van der Waals surface area contributed by atoms with Gasteiger partial charge in [-0.25, -0.2) is 19.7 Å². The number of fused-ring (bicyclic) bond motifs is 1. The van der Waals surface area contributed by atoms with E-state index in [0.29, 0.717) is 40.7 Å². The molecule has 0 atom stereocenters. The van der Waals surface area contributed by atoms with Crippen molar-refractivity contribution in [3.8, 4) is 5.88 Å². The molecule has 3 aromatic rings. The Morgan fingerprint density at radius 2 is 1.73 bits per heavy atom. The number of pyridine rings is 2. The smallest absolute Gasteiger partial charge is 0.332 e. The van der Waals surface area contributed by atoms with E-state index in [4.69, 9.17) is 4.74 Å². The number of nitrogens with one attached hydrogen (secondary N) is 1. The van der Waals surface area contributed by atoms with Crippen LogP contribution in [0, 0.1) is 0 Å². The molecule has 1 N–H and O–H groups in total. The Kier molecular flexibility index (Phi) is 6.76. The van der Waals surface area contributed by atoms with E-state index in [1.807, 2.05) is 6.07 Å². The van der Waals surface area contributed by atoms with Crippen molar-refractivity contribution in [1.29, 1.82) is 0 Å². The summed E-state index contributed by atoms with van der Waals surface area (Å²) in [5.41, 5.74) is 1.74. The Balaban J connectivity index is 1.39. The topological polar surface area (TPSA) is 125 Å². The zero-order valence-corrected chi connectivity index (χ0v) is 23.9. The first-order valence-corrected chi connectivity index (χ1v) is 13.2. The Morgan fingerprint density at radius 1 is 1.00 bits per heavy atom. The molecule has 0 bridgehead atoms. The number of hydrogen-bond donors (Lipinski definition) is 1. The molecule has 0 aliphatic carbocycles. The Morgan fingerprint density at radius 3 is 2.44 bits per heavy atom. The molecule has 5 rings (SSSR count). The van der Waals surface area contributed by atoms with Gasteiger partial charge in [0, 0.05) is 55.1 Å². The minimum atomic E-state index is -1.14. The van der Waals surface area contributed by atoms with Gasteiger partial charge in [-0.2, -0.15) is 0 Å². The number of urea groups is 1. The number of carbonyl (C=O) groups excluding carboxylic acids is 4. The zero-order valence-electron chi connectivity index (χ0n) is 23.9. The van der Waals surface area contributed by atoms with Crippen LogP contribution in [0.5, 0.6) is 5.88 Å². The second-order valence-electron chi connectivity index (χ2n) is 11.3. The maximum atomic E-state index is 13.7. The molecule has 1 fully saturated rings. The van der Waals surface area contributed by atoms with E-state index in [1.54, 1.807) is 49.1 Å². The van der Waals surface area contributed by atoms with Gasteiger partial charge in [-0.05, 0) is 55.3 Å². The molecular formula is C30H32N6O5. The molecule has 0 saturated carbocycles. The predicted octanol–water partition coefficient (Wildman–Crippen LogP) is 4.13. The van der Waals surface area contributed by atoms with Gasteiger partial charge < -0.3 is 19.9 Å². The predicted molar refractivity (Wildman–Crippen MR) is 153 cm³/mol. The molecule has 5 amide bonds. The van der Waals surface area contributed by atoms with Crippen LogP contribution in [0.25, 0.3) is 0 Å². The first-order chi connectivity index (χ1) is 19.3. The summed E-state index contributed by atoms with van der Waals surface area (Å²) in [4.78, 5) is 65.0. The van der Waals surface area contributed by atoms with Crippen LogP contribution in [-0.2, 0) is 21.5 Å². The first-order valence-electron chi connectivity index (χ1n) is 13.2. The average molecular weight is 557 g/mol. The Bertz CT molecular complexity index is 1580. The van der Waals surface area contributed by atoms with Gasteiger partial charge in [0.1, 0.15) is 11.4 Å². The highest BCUT2D eigenvalue weighted by Gasteiger charge is 2.52. The molecule has 1 saturated heterocycles. The highest BCUT2D eigenvalue weighted by molar-refractivity contribution is 6.23. The van der Waals surface area contributed by atoms with Gasteiger partial charge >= 0.3 is 6.03 Å². The van der Waals surface area contributed by atoms with E-state index in [1.165, 1.54) is 42.3 Å². The van der Waals surface area contributed by atoms with Crippen molar-refractivity contribution in [3.63, 3.8) is 0 Å². The highest BCUT2D eigenvalue weighted by atomic mass is 16.5. The fourth-order valence-corrected chi connectivity index (χ4v) is 5.30. The van der Waals surface area contributed by atoms with Gasteiger partial charge in [0.2, 0.25) is 11.8 Å². The lowest BCUT2D eigenvalue weighted by Gasteiger charge is -2.27. The molecule has 1 aromatic carbocycles. The molecule has 11 heteroatoms. The fraction of sp³-hybridized carbons (Fsp3) is 0.333. The molecular weight excluding hydrogens is 524 g/mol. The molecule has 2 aliphatic heterocycles. The van der Waals surface area contributed by atoms with Crippen molar-refractivity contribution in [2.75, 3.05) is 28.8 Å². The zero-order chi connectivity index (χ0) is 29.7. The van der Waals surface area contributed by atoms with Gasteiger partial charge in [0.15, 0.2) is 0 Å². The maximum absolute atomic E-state index is 13.7. The summed E-state index contributed by atoms with van der Waals surface area (Å²) in [6.07, 6.45) is 3.00. The summed E-state index contributed by atoms with van der Waals surface area (Å²) in [6, 6.07) is 11.4. The number of nitrogens with zero attached hydrogens (tertiary/aromatic N) is 5. The third kappa shape index (κ3) is 4.88. The molecule has 4 heterocycles. The number of carbonyl (C=O) groups is 4. The van der Waals surface area contributed by atoms with Crippen molar-refractivity contribution in [2.45, 2.75) is 52.1 Å². The Labute approximate surface area is 238 Å². The minimum absolute atomic E-state index is 0.0985. The molecule has 212 valence electrons. The van der Waals surface area contributed by atoms with Crippen LogP contribution in [0.1, 0.15) is 56.1 Å². The monoisotopic (exact) mass is 556 g/mol. The first kappa shape index (κ1) is 27.8. The van der Waals surface area contributed by atoms with Gasteiger partial charge in [0.25, 0.3) is 11.8 Å². The summed E-state index contributed by atoms with van der Waals surface area (Å²) in [7, 11) is 1.47. The number of hydrogen-bond acceptors (Lipinski definition) is 7. The number of anilines is 3. The van der Waals surface area contributed by atoms with Crippen LogP contribution in [0.15, 0.2) is 54.9 Å². The van der Waals surface area contributed by atoms with Crippen molar-refractivity contribution < 1.29 is 23.9 Å². The number of ether oxygens (including phenoxy) is 1. The van der Waals surface area contributed by atoms with E-state index in [0.717, 1.165) is 5.56 Å². The van der Waals surface area contributed by atoms with E-state index < -0.39 is 17.5 Å². The normalized spacial score (nSPS) is 17.1. The lowest BCUT2D eigenvalue weighted by molar-refractivity contribution is -0.123. The second kappa shape index (κ2) is 9.99. The van der Waals surface area contributed by atoms with Gasteiger partial charge in [-0.15, -0.1) is 0 Å². The lowest BCUT2D eigenvalue weighted by Crippen LogP contribution is -2.43. The van der Waals surface area contributed by atoms with Crippen LogP contribution < -0.4 is 19.9 Å².